The van der Waals surface area contributed by atoms with E-state index in [9.17, 15) is 9.18 Å². The summed E-state index contributed by atoms with van der Waals surface area (Å²) in [5.74, 6) is -0.630. The van der Waals surface area contributed by atoms with Gasteiger partial charge in [-0.1, -0.05) is 6.07 Å². The molecule has 0 aliphatic carbocycles. The lowest BCUT2D eigenvalue weighted by Gasteiger charge is -2.25. The topological polar surface area (TPSA) is 66.9 Å². The third kappa shape index (κ3) is 3.12. The van der Waals surface area contributed by atoms with E-state index < -0.39 is 5.95 Å². The van der Waals surface area contributed by atoms with Crippen molar-refractivity contribution in [2.24, 2.45) is 0 Å². The molecule has 2 N–H and O–H groups in total. The number of thiazole rings is 1. The Hall–Kier alpha value is -1.57. The first-order chi connectivity index (χ1) is 9.22. The molecule has 1 unspecified atom stereocenters. The van der Waals surface area contributed by atoms with Crippen molar-refractivity contribution >= 4 is 34.8 Å². The smallest absolute Gasteiger partial charge is 0.243 e. The Morgan fingerprint density at radius 2 is 2.20 bits per heavy atom. The van der Waals surface area contributed by atoms with Crippen LogP contribution in [0.1, 0.15) is 6.42 Å². The van der Waals surface area contributed by atoms with Crippen LogP contribution < -0.4 is 10.6 Å². The van der Waals surface area contributed by atoms with E-state index in [2.05, 4.69) is 20.6 Å². The van der Waals surface area contributed by atoms with Gasteiger partial charge in [0, 0.05) is 5.38 Å². The predicted octanol–water partition coefficient (Wildman–Crippen LogP) is 2.07. The average Bonchev–Trinajstić information content (AvgIpc) is 2.75. The molecule has 2 aromatic rings. The van der Waals surface area contributed by atoms with Crippen molar-refractivity contribution in [3.05, 3.63) is 29.5 Å². The van der Waals surface area contributed by atoms with E-state index in [4.69, 9.17) is 0 Å². The van der Waals surface area contributed by atoms with Crippen LogP contribution in [0.3, 0.4) is 0 Å². The van der Waals surface area contributed by atoms with Crippen molar-refractivity contribution in [2.45, 2.75) is 12.5 Å². The van der Waals surface area contributed by atoms with Crippen LogP contribution in [0.25, 0.3) is 11.4 Å². The summed E-state index contributed by atoms with van der Waals surface area (Å²) in [6.07, 6.45) is 0.843. The number of amides is 1. The van der Waals surface area contributed by atoms with E-state index in [-0.39, 0.29) is 24.4 Å². The van der Waals surface area contributed by atoms with Crippen LogP contribution in [0.5, 0.6) is 0 Å². The maximum absolute atomic E-state index is 13.0. The first-order valence-electron chi connectivity index (χ1n) is 5.85. The lowest BCUT2D eigenvalue weighted by atomic mass is 10.1. The number of rotatable bonds is 3. The maximum atomic E-state index is 13.0. The molecule has 1 aliphatic rings. The van der Waals surface area contributed by atoms with E-state index in [1.807, 2.05) is 0 Å². The molecule has 106 valence electrons. The number of halogens is 2. The second-order valence-corrected chi connectivity index (χ2v) is 5.03. The molecule has 20 heavy (non-hydrogen) atoms. The van der Waals surface area contributed by atoms with E-state index in [1.54, 1.807) is 17.5 Å². The van der Waals surface area contributed by atoms with Crippen LogP contribution >= 0.6 is 23.7 Å². The predicted molar refractivity (Wildman–Crippen MR) is 77.6 cm³/mol. The lowest BCUT2D eigenvalue weighted by Crippen LogP contribution is -2.50. The van der Waals surface area contributed by atoms with E-state index in [1.165, 1.54) is 17.4 Å². The zero-order valence-electron chi connectivity index (χ0n) is 10.3. The molecule has 0 aromatic carbocycles. The van der Waals surface area contributed by atoms with Gasteiger partial charge in [-0.25, -0.2) is 9.97 Å². The molecule has 1 atom stereocenters. The van der Waals surface area contributed by atoms with Gasteiger partial charge in [0.05, 0.1) is 11.7 Å². The minimum absolute atomic E-state index is 0. The van der Waals surface area contributed by atoms with Gasteiger partial charge in [-0.15, -0.1) is 23.7 Å². The molecule has 1 aliphatic heterocycles. The van der Waals surface area contributed by atoms with Crippen LogP contribution in [0.15, 0.2) is 23.6 Å². The largest absolute Gasteiger partial charge is 0.306 e. The summed E-state index contributed by atoms with van der Waals surface area (Å²) in [5, 5.41) is 7.99. The van der Waals surface area contributed by atoms with E-state index >= 15 is 0 Å². The van der Waals surface area contributed by atoms with Crippen LogP contribution in [-0.2, 0) is 4.79 Å². The first kappa shape index (κ1) is 14.8. The number of nitrogens with zero attached hydrogens (tertiary/aromatic N) is 2. The van der Waals surface area contributed by atoms with Crippen molar-refractivity contribution in [3.63, 3.8) is 0 Å². The fraction of sp³-hybridized carbons (Fsp3) is 0.250. The van der Waals surface area contributed by atoms with Crippen molar-refractivity contribution in [1.29, 1.82) is 0 Å². The number of aromatic nitrogens is 2. The van der Waals surface area contributed by atoms with Gasteiger partial charge in [-0.05, 0) is 25.1 Å². The Morgan fingerprint density at radius 1 is 1.40 bits per heavy atom. The van der Waals surface area contributed by atoms with Gasteiger partial charge in [-0.2, -0.15) is 4.39 Å². The van der Waals surface area contributed by atoms with Crippen molar-refractivity contribution in [1.82, 2.24) is 15.3 Å². The summed E-state index contributed by atoms with van der Waals surface area (Å²) in [5.41, 5.74) is 1.01. The third-order valence-corrected chi connectivity index (χ3v) is 3.61. The van der Waals surface area contributed by atoms with Crippen LogP contribution in [-0.4, -0.2) is 28.5 Å². The monoisotopic (exact) mass is 314 g/mol. The molecular weight excluding hydrogens is 303 g/mol. The Bertz CT molecular complexity index is 617. The fourth-order valence-corrected chi connectivity index (χ4v) is 2.41. The number of nitrogens with one attached hydrogen (secondary N) is 2. The SMILES string of the molecule is Cl.O=C(Nc1nc(-c2cccc(F)n2)cs1)C1CCN1. The maximum Gasteiger partial charge on any atom is 0.243 e. The van der Waals surface area contributed by atoms with Crippen molar-refractivity contribution in [3.8, 4) is 11.4 Å². The van der Waals surface area contributed by atoms with Gasteiger partial charge in [0.15, 0.2) is 5.13 Å². The Kier molecular flexibility index (Phi) is 4.64. The number of carbonyl (C=O) groups is 1. The molecule has 1 amide bonds. The van der Waals surface area contributed by atoms with Gasteiger partial charge in [0.2, 0.25) is 11.9 Å². The minimum atomic E-state index is -0.547. The van der Waals surface area contributed by atoms with Gasteiger partial charge in [-0.3, -0.25) is 4.79 Å². The summed E-state index contributed by atoms with van der Waals surface area (Å²) < 4.78 is 13.0. The van der Waals surface area contributed by atoms with Gasteiger partial charge >= 0.3 is 0 Å². The Balaban J connectivity index is 0.00000147. The normalized spacial score (nSPS) is 16.9. The van der Waals surface area contributed by atoms with E-state index in [0.29, 0.717) is 16.5 Å². The Morgan fingerprint density at radius 3 is 2.85 bits per heavy atom. The highest BCUT2D eigenvalue weighted by Gasteiger charge is 2.25. The highest BCUT2D eigenvalue weighted by molar-refractivity contribution is 7.14. The van der Waals surface area contributed by atoms with Gasteiger partial charge < -0.3 is 10.6 Å². The highest BCUT2D eigenvalue weighted by Crippen LogP contribution is 2.23. The molecule has 0 spiro atoms. The molecule has 3 rings (SSSR count). The van der Waals surface area contributed by atoms with Crippen LogP contribution in [0.2, 0.25) is 0 Å². The molecule has 0 bridgehead atoms. The lowest BCUT2D eigenvalue weighted by molar-refractivity contribution is -0.119. The second kappa shape index (κ2) is 6.25. The molecule has 0 radical (unpaired) electrons. The molecule has 3 heterocycles. The second-order valence-electron chi connectivity index (χ2n) is 4.17. The quantitative estimate of drug-likeness (QED) is 0.851. The van der Waals surface area contributed by atoms with E-state index in [0.717, 1.165) is 13.0 Å². The number of hydrogen-bond donors (Lipinski definition) is 2. The third-order valence-electron chi connectivity index (χ3n) is 2.85. The van der Waals surface area contributed by atoms with Crippen molar-refractivity contribution in [2.75, 3.05) is 11.9 Å². The Labute approximate surface area is 125 Å². The fourth-order valence-electron chi connectivity index (χ4n) is 1.70. The minimum Gasteiger partial charge on any atom is -0.306 e. The van der Waals surface area contributed by atoms with Gasteiger partial charge in [0.1, 0.15) is 5.69 Å². The molecule has 1 saturated heterocycles. The molecule has 8 heteroatoms. The number of pyridine rings is 1. The standard InChI is InChI=1S/C12H11FN4OS.ClH/c13-10-3-1-2-7(15-10)9-6-19-12(16-9)17-11(18)8-4-5-14-8;/h1-3,6,8,14H,4-5H2,(H,16,17,18);1H. The van der Waals surface area contributed by atoms with Crippen LogP contribution in [0, 0.1) is 5.95 Å². The van der Waals surface area contributed by atoms with Crippen molar-refractivity contribution < 1.29 is 9.18 Å². The highest BCUT2D eigenvalue weighted by atomic mass is 35.5. The summed E-state index contributed by atoms with van der Waals surface area (Å²) >= 11 is 1.30. The zero-order chi connectivity index (χ0) is 13.2. The summed E-state index contributed by atoms with van der Waals surface area (Å²) in [6.45, 7) is 0.869. The molecular formula is C12H12ClFN4OS. The molecule has 0 saturated carbocycles. The molecule has 2 aromatic heterocycles. The van der Waals surface area contributed by atoms with Crippen LogP contribution in [0.4, 0.5) is 9.52 Å². The number of anilines is 1. The van der Waals surface area contributed by atoms with Gasteiger partial charge in [0.25, 0.3) is 0 Å². The number of hydrogen-bond acceptors (Lipinski definition) is 5. The zero-order valence-corrected chi connectivity index (χ0v) is 11.9. The summed E-state index contributed by atoms with van der Waals surface area (Å²) in [6, 6.07) is 4.41. The summed E-state index contributed by atoms with van der Waals surface area (Å²) in [7, 11) is 0. The first-order valence-corrected chi connectivity index (χ1v) is 6.73. The molecule has 1 fully saturated rings. The molecule has 5 nitrogen and oxygen atoms in total. The average molecular weight is 315 g/mol. The number of carbonyl (C=O) groups excluding carboxylic acids is 1. The summed E-state index contributed by atoms with van der Waals surface area (Å²) in [4.78, 5) is 19.7.